The highest BCUT2D eigenvalue weighted by Gasteiger charge is 2.22. The van der Waals surface area contributed by atoms with Crippen molar-refractivity contribution < 1.29 is 10.1 Å². The molecule has 0 aliphatic rings. The summed E-state index contributed by atoms with van der Waals surface area (Å²) in [6, 6.07) is 16.4. The van der Waals surface area contributed by atoms with Crippen LogP contribution in [0.2, 0.25) is 5.02 Å². The van der Waals surface area contributed by atoms with E-state index in [4.69, 9.17) is 16.9 Å². The van der Waals surface area contributed by atoms with Crippen LogP contribution in [0.25, 0.3) is 0 Å². The number of hydrogen-bond donors (Lipinski definition) is 2. The molecule has 4 nitrogen and oxygen atoms in total. The van der Waals surface area contributed by atoms with E-state index in [1.807, 2.05) is 43.4 Å². The summed E-state index contributed by atoms with van der Waals surface area (Å²) in [5.74, 6) is -0.147. The second-order valence-corrected chi connectivity index (χ2v) is 5.85. The third kappa shape index (κ3) is 4.32. The van der Waals surface area contributed by atoms with Gasteiger partial charge in [-0.05, 0) is 32.0 Å². The van der Waals surface area contributed by atoms with E-state index in [0.29, 0.717) is 16.3 Å². The molecule has 5 heteroatoms. The summed E-state index contributed by atoms with van der Waals surface area (Å²) in [6.45, 7) is 3.84. The van der Waals surface area contributed by atoms with Crippen LogP contribution in [0.1, 0.15) is 31.0 Å². The van der Waals surface area contributed by atoms with E-state index in [9.17, 15) is 4.79 Å². The fraction of sp³-hybridized carbons (Fsp3) is 0.222. The third-order valence-electron chi connectivity index (χ3n) is 3.69. The number of hydrogen-bond acceptors (Lipinski definition) is 2. The van der Waals surface area contributed by atoms with Crippen molar-refractivity contribution >= 4 is 23.2 Å². The number of halogens is 1. The van der Waals surface area contributed by atoms with E-state index in [1.165, 1.54) is 0 Å². The van der Waals surface area contributed by atoms with Crippen molar-refractivity contribution in [2.45, 2.75) is 25.9 Å². The number of carbonyl (C=O) groups is 1. The Morgan fingerprint density at radius 1 is 1.17 bits per heavy atom. The molecule has 0 unspecified atom stereocenters. The maximum atomic E-state index is 12.3. The maximum Gasteiger partial charge on any atom is 0.282 e. The summed E-state index contributed by atoms with van der Waals surface area (Å²) in [5, 5.41) is 14.5. The Morgan fingerprint density at radius 2 is 1.83 bits per heavy atom. The number of nitriles is 1. The smallest absolute Gasteiger partial charge is 0.282 e. The lowest BCUT2D eigenvalue weighted by Gasteiger charge is -2.18. The molecule has 0 bridgehead atoms. The quantitative estimate of drug-likeness (QED) is 0.886. The number of rotatable bonds is 5. The van der Waals surface area contributed by atoms with Crippen LogP contribution in [-0.4, -0.2) is 11.9 Å². The van der Waals surface area contributed by atoms with Gasteiger partial charge in [-0.2, -0.15) is 5.26 Å². The molecule has 0 aliphatic carbocycles. The Balaban J connectivity index is 2.03. The lowest BCUT2D eigenvalue weighted by atomic mass is 10.1. The monoisotopic (exact) mass is 328 g/mol. The topological polar surface area (TPSA) is 69.5 Å². The summed E-state index contributed by atoms with van der Waals surface area (Å²) in [4.78, 5) is 12.3. The predicted molar refractivity (Wildman–Crippen MR) is 91.0 cm³/mol. The first-order valence-electron chi connectivity index (χ1n) is 7.42. The summed E-state index contributed by atoms with van der Waals surface area (Å²) < 4.78 is 0. The van der Waals surface area contributed by atoms with Crippen LogP contribution in [-0.2, 0) is 4.79 Å². The van der Waals surface area contributed by atoms with Gasteiger partial charge in [0.15, 0.2) is 6.04 Å². The summed E-state index contributed by atoms with van der Waals surface area (Å²) >= 11 is 6.19. The van der Waals surface area contributed by atoms with Gasteiger partial charge < -0.3 is 10.6 Å². The van der Waals surface area contributed by atoms with Crippen molar-refractivity contribution in [2.24, 2.45) is 0 Å². The largest absolute Gasteiger partial charge is 0.330 e. The molecule has 0 spiro atoms. The number of quaternary nitrogens is 1. The molecule has 0 aliphatic heterocycles. The standard InChI is InChI=1S/C18H18ClN3O/c1-12(15-8-4-5-9-16(15)19)21-13(2)18(23)22-17-10-6-3-7-14(17)11-20/h3-10,12-13,21H,1-2H3,(H,22,23)/p+1/t12-,13-/m1/s1. The number of amides is 1. The zero-order valence-electron chi connectivity index (χ0n) is 13.1. The Kier molecular flexibility index (Phi) is 5.75. The van der Waals surface area contributed by atoms with Gasteiger partial charge in [0.25, 0.3) is 5.91 Å². The number of nitrogens with two attached hydrogens (primary N) is 1. The molecule has 1 amide bonds. The minimum atomic E-state index is -0.312. The van der Waals surface area contributed by atoms with Crippen LogP contribution in [0, 0.1) is 11.3 Å². The normalized spacial score (nSPS) is 13.0. The molecule has 0 radical (unpaired) electrons. The van der Waals surface area contributed by atoms with Crippen molar-refractivity contribution in [3.8, 4) is 6.07 Å². The number of benzene rings is 2. The molecule has 2 aromatic carbocycles. The molecule has 2 aromatic rings. The zero-order valence-corrected chi connectivity index (χ0v) is 13.8. The zero-order chi connectivity index (χ0) is 16.8. The lowest BCUT2D eigenvalue weighted by molar-refractivity contribution is -0.709. The number of anilines is 1. The highest BCUT2D eigenvalue weighted by Crippen LogP contribution is 2.20. The van der Waals surface area contributed by atoms with E-state index >= 15 is 0 Å². The van der Waals surface area contributed by atoms with Gasteiger partial charge in [-0.1, -0.05) is 41.9 Å². The van der Waals surface area contributed by atoms with E-state index in [2.05, 4.69) is 11.4 Å². The molecular weight excluding hydrogens is 310 g/mol. The molecule has 118 valence electrons. The molecule has 23 heavy (non-hydrogen) atoms. The molecule has 0 fully saturated rings. The highest BCUT2D eigenvalue weighted by molar-refractivity contribution is 6.31. The van der Waals surface area contributed by atoms with Crippen LogP contribution in [0.5, 0.6) is 0 Å². The molecular formula is C18H19ClN3O+. The van der Waals surface area contributed by atoms with E-state index in [-0.39, 0.29) is 18.0 Å². The van der Waals surface area contributed by atoms with Gasteiger partial charge in [0.1, 0.15) is 12.1 Å². The third-order valence-corrected chi connectivity index (χ3v) is 4.04. The predicted octanol–water partition coefficient (Wildman–Crippen LogP) is 2.86. The van der Waals surface area contributed by atoms with E-state index < -0.39 is 0 Å². The van der Waals surface area contributed by atoms with E-state index in [0.717, 1.165) is 5.56 Å². The van der Waals surface area contributed by atoms with Crippen LogP contribution >= 0.6 is 11.6 Å². The first kappa shape index (κ1) is 17.0. The van der Waals surface area contributed by atoms with Crippen molar-refractivity contribution in [3.05, 3.63) is 64.7 Å². The average Bonchev–Trinajstić information content (AvgIpc) is 2.55. The first-order chi connectivity index (χ1) is 11.0. The maximum absolute atomic E-state index is 12.3. The van der Waals surface area contributed by atoms with Crippen molar-refractivity contribution in [1.29, 1.82) is 5.26 Å². The van der Waals surface area contributed by atoms with Crippen LogP contribution in [0.15, 0.2) is 48.5 Å². The fourth-order valence-electron chi connectivity index (χ4n) is 2.40. The number of nitrogens with one attached hydrogen (secondary N) is 1. The minimum absolute atomic E-state index is 0.0515. The van der Waals surface area contributed by atoms with Crippen LogP contribution < -0.4 is 10.6 Å². The van der Waals surface area contributed by atoms with E-state index in [1.54, 1.807) is 24.3 Å². The molecule has 0 heterocycles. The van der Waals surface area contributed by atoms with Crippen molar-refractivity contribution in [1.82, 2.24) is 0 Å². The second-order valence-electron chi connectivity index (χ2n) is 5.44. The first-order valence-corrected chi connectivity index (χ1v) is 7.80. The Hall–Kier alpha value is -2.35. The molecule has 3 N–H and O–H groups in total. The van der Waals surface area contributed by atoms with Gasteiger partial charge in [0.2, 0.25) is 0 Å². The van der Waals surface area contributed by atoms with Crippen molar-refractivity contribution in [2.75, 3.05) is 5.32 Å². The van der Waals surface area contributed by atoms with Gasteiger partial charge in [0, 0.05) is 10.6 Å². The average molecular weight is 329 g/mol. The SMILES string of the molecule is C[C@@H]([NH2+][C@H](C)c1ccccc1Cl)C(=O)Nc1ccccc1C#N. The molecule has 2 atom stereocenters. The summed E-state index contributed by atoms with van der Waals surface area (Å²) in [7, 11) is 0. The van der Waals surface area contributed by atoms with Crippen molar-refractivity contribution in [3.63, 3.8) is 0 Å². The van der Waals surface area contributed by atoms with Gasteiger partial charge >= 0.3 is 0 Å². The van der Waals surface area contributed by atoms with Crippen LogP contribution in [0.4, 0.5) is 5.69 Å². The summed E-state index contributed by atoms with van der Waals surface area (Å²) in [5.41, 5.74) is 1.98. The summed E-state index contributed by atoms with van der Waals surface area (Å²) in [6.07, 6.45) is 0. The number of para-hydroxylation sites is 1. The molecule has 0 saturated carbocycles. The van der Waals surface area contributed by atoms with Gasteiger partial charge in [-0.15, -0.1) is 0 Å². The molecule has 2 rings (SSSR count). The van der Waals surface area contributed by atoms with Crippen LogP contribution in [0.3, 0.4) is 0 Å². The molecule has 0 aromatic heterocycles. The van der Waals surface area contributed by atoms with Gasteiger partial charge in [0.05, 0.1) is 11.3 Å². The highest BCUT2D eigenvalue weighted by atomic mass is 35.5. The Bertz CT molecular complexity index is 739. The Labute approximate surface area is 141 Å². The second kappa shape index (κ2) is 7.77. The van der Waals surface area contributed by atoms with Gasteiger partial charge in [-0.3, -0.25) is 4.79 Å². The number of carbonyl (C=O) groups excluding carboxylic acids is 1. The lowest BCUT2D eigenvalue weighted by Crippen LogP contribution is -2.91. The Morgan fingerprint density at radius 3 is 2.52 bits per heavy atom. The molecule has 0 saturated heterocycles. The fourth-order valence-corrected chi connectivity index (χ4v) is 2.71. The minimum Gasteiger partial charge on any atom is -0.330 e. The number of nitrogens with zero attached hydrogens (tertiary/aromatic N) is 1. The van der Waals surface area contributed by atoms with Gasteiger partial charge in [-0.25, -0.2) is 0 Å².